The monoisotopic (exact) mass is 215 g/mol. The van der Waals surface area contributed by atoms with E-state index in [0.717, 1.165) is 0 Å². The molecule has 15 heavy (non-hydrogen) atoms. The molecule has 0 bridgehead atoms. The van der Waals surface area contributed by atoms with E-state index in [0.29, 0.717) is 5.69 Å². The summed E-state index contributed by atoms with van der Waals surface area (Å²) in [7, 11) is 1.75. The summed E-state index contributed by atoms with van der Waals surface area (Å²) < 4.78 is 27.6. The average molecular weight is 215 g/mol. The maximum Gasteiger partial charge on any atom is 0.250 e. The number of aryl methyl sites for hydroxylation is 1. The lowest BCUT2D eigenvalue weighted by atomic mass is 9.58. The number of nitrogens with zero attached hydrogens (tertiary/aromatic N) is 3. The van der Waals surface area contributed by atoms with Gasteiger partial charge in [0.1, 0.15) is 0 Å². The Labute approximate surface area is 87.5 Å². The van der Waals surface area contributed by atoms with Gasteiger partial charge in [-0.15, -0.1) is 5.10 Å². The van der Waals surface area contributed by atoms with E-state index in [2.05, 4.69) is 10.3 Å². The molecule has 84 valence electrons. The molecule has 0 aliphatic heterocycles. The molecule has 0 atom stereocenters. The summed E-state index contributed by atoms with van der Waals surface area (Å²) in [5.74, 6) is -2.37. The fourth-order valence-corrected chi connectivity index (χ4v) is 2.33. The van der Waals surface area contributed by atoms with Crippen molar-refractivity contribution in [2.75, 3.05) is 0 Å². The van der Waals surface area contributed by atoms with Gasteiger partial charge < -0.3 is 0 Å². The average Bonchev–Trinajstić information content (AvgIpc) is 2.46. The molecular formula is C10H15F2N3. The van der Waals surface area contributed by atoms with Gasteiger partial charge in [-0.05, 0) is 5.92 Å². The van der Waals surface area contributed by atoms with E-state index in [1.54, 1.807) is 17.9 Å². The van der Waals surface area contributed by atoms with Crippen molar-refractivity contribution in [1.29, 1.82) is 0 Å². The highest BCUT2D eigenvalue weighted by Crippen LogP contribution is 2.56. The lowest BCUT2D eigenvalue weighted by Crippen LogP contribution is -2.52. The van der Waals surface area contributed by atoms with Gasteiger partial charge in [0.05, 0.1) is 5.69 Å². The van der Waals surface area contributed by atoms with Crippen molar-refractivity contribution >= 4 is 0 Å². The van der Waals surface area contributed by atoms with Crippen LogP contribution in [0.4, 0.5) is 8.78 Å². The van der Waals surface area contributed by atoms with E-state index in [4.69, 9.17) is 0 Å². The molecule has 1 aliphatic carbocycles. The van der Waals surface area contributed by atoms with Gasteiger partial charge in [-0.2, -0.15) is 0 Å². The molecule has 1 aromatic heterocycles. The summed E-state index contributed by atoms with van der Waals surface area (Å²) in [6.07, 6.45) is 1.54. The first-order valence-corrected chi connectivity index (χ1v) is 5.10. The zero-order chi connectivity index (χ0) is 11.3. The standard InChI is InChI=1S/C10H15F2N3/c1-7(2)9(5-10(11,12)6-9)8-4-15(3)14-13-8/h4,7H,5-6H2,1-3H3. The van der Waals surface area contributed by atoms with Crippen molar-refractivity contribution in [1.82, 2.24) is 15.0 Å². The molecule has 1 aliphatic rings. The Bertz CT molecular complexity index is 362. The summed E-state index contributed by atoms with van der Waals surface area (Å²) in [5.41, 5.74) is 0.225. The Morgan fingerprint density at radius 3 is 2.33 bits per heavy atom. The van der Waals surface area contributed by atoms with Gasteiger partial charge in [0, 0.05) is 31.5 Å². The zero-order valence-electron chi connectivity index (χ0n) is 9.17. The third kappa shape index (κ3) is 1.54. The molecule has 0 radical (unpaired) electrons. The molecular weight excluding hydrogens is 200 g/mol. The molecule has 3 nitrogen and oxygen atoms in total. The van der Waals surface area contributed by atoms with E-state index in [1.807, 2.05) is 13.8 Å². The van der Waals surface area contributed by atoms with E-state index in [1.165, 1.54) is 0 Å². The smallest absolute Gasteiger partial charge is 0.250 e. The van der Waals surface area contributed by atoms with Crippen molar-refractivity contribution in [3.8, 4) is 0 Å². The number of alkyl halides is 2. The number of hydrogen-bond acceptors (Lipinski definition) is 2. The van der Waals surface area contributed by atoms with Gasteiger partial charge in [0.2, 0.25) is 5.92 Å². The summed E-state index contributed by atoms with van der Waals surface area (Å²) in [6.45, 7) is 3.92. The first kappa shape index (κ1) is 10.5. The number of hydrogen-bond donors (Lipinski definition) is 0. The van der Waals surface area contributed by atoms with Crippen LogP contribution in [0, 0.1) is 5.92 Å². The Balaban J connectivity index is 2.30. The summed E-state index contributed by atoms with van der Waals surface area (Å²) in [5, 5.41) is 7.79. The quantitative estimate of drug-likeness (QED) is 0.756. The predicted octanol–water partition coefficient (Wildman–Crippen LogP) is 2.14. The highest BCUT2D eigenvalue weighted by atomic mass is 19.3. The van der Waals surface area contributed by atoms with Gasteiger partial charge in [0.25, 0.3) is 0 Å². The molecule has 0 spiro atoms. The van der Waals surface area contributed by atoms with E-state index in [9.17, 15) is 8.78 Å². The van der Waals surface area contributed by atoms with Gasteiger partial charge in [-0.25, -0.2) is 8.78 Å². The lowest BCUT2D eigenvalue weighted by Gasteiger charge is -2.49. The molecule has 1 heterocycles. The third-order valence-electron chi connectivity index (χ3n) is 3.37. The molecule has 0 unspecified atom stereocenters. The first-order valence-electron chi connectivity index (χ1n) is 5.10. The number of aromatic nitrogens is 3. The number of halogens is 2. The van der Waals surface area contributed by atoms with Crippen molar-refractivity contribution in [3.63, 3.8) is 0 Å². The van der Waals surface area contributed by atoms with E-state index in [-0.39, 0.29) is 18.8 Å². The molecule has 2 rings (SSSR count). The molecule has 0 amide bonds. The van der Waals surface area contributed by atoms with Crippen molar-refractivity contribution in [3.05, 3.63) is 11.9 Å². The van der Waals surface area contributed by atoms with Gasteiger partial charge in [-0.1, -0.05) is 19.1 Å². The second-order valence-electron chi connectivity index (χ2n) is 4.80. The highest BCUT2D eigenvalue weighted by Gasteiger charge is 2.59. The maximum atomic E-state index is 13.0. The van der Waals surface area contributed by atoms with Crippen LogP contribution >= 0.6 is 0 Å². The van der Waals surface area contributed by atoms with Crippen LogP contribution < -0.4 is 0 Å². The fourth-order valence-electron chi connectivity index (χ4n) is 2.33. The van der Waals surface area contributed by atoms with Crippen LogP contribution in [-0.2, 0) is 12.5 Å². The molecule has 5 heteroatoms. The van der Waals surface area contributed by atoms with Crippen LogP contribution in [0.1, 0.15) is 32.4 Å². The minimum atomic E-state index is -2.53. The van der Waals surface area contributed by atoms with Gasteiger partial charge in [0.15, 0.2) is 0 Å². The van der Waals surface area contributed by atoms with Crippen molar-refractivity contribution < 1.29 is 8.78 Å². The Morgan fingerprint density at radius 1 is 1.40 bits per heavy atom. The van der Waals surface area contributed by atoms with Crippen LogP contribution in [0.25, 0.3) is 0 Å². The van der Waals surface area contributed by atoms with Gasteiger partial charge >= 0.3 is 0 Å². The van der Waals surface area contributed by atoms with Crippen LogP contribution in [-0.4, -0.2) is 20.9 Å². The molecule has 1 saturated carbocycles. The molecule has 0 saturated heterocycles. The molecule has 0 N–H and O–H groups in total. The SMILES string of the molecule is CC(C)C1(c2cn(C)nn2)CC(F)(F)C1. The maximum absolute atomic E-state index is 13.0. The summed E-state index contributed by atoms with van der Waals surface area (Å²) in [4.78, 5) is 0. The fraction of sp³-hybridized carbons (Fsp3) is 0.800. The Hall–Kier alpha value is -1.00. The second-order valence-corrected chi connectivity index (χ2v) is 4.80. The second kappa shape index (κ2) is 3.00. The Morgan fingerprint density at radius 2 is 2.00 bits per heavy atom. The molecule has 1 fully saturated rings. The largest absolute Gasteiger partial charge is 0.255 e. The normalized spacial score (nSPS) is 22.8. The molecule has 1 aromatic rings. The zero-order valence-corrected chi connectivity index (χ0v) is 9.17. The third-order valence-corrected chi connectivity index (χ3v) is 3.37. The predicted molar refractivity (Wildman–Crippen MR) is 51.7 cm³/mol. The summed E-state index contributed by atoms with van der Waals surface area (Å²) in [6, 6.07) is 0. The minimum Gasteiger partial charge on any atom is -0.255 e. The van der Waals surface area contributed by atoms with Crippen LogP contribution in [0.5, 0.6) is 0 Å². The van der Waals surface area contributed by atoms with Crippen molar-refractivity contribution in [2.45, 2.75) is 38.0 Å². The van der Waals surface area contributed by atoms with E-state index < -0.39 is 11.3 Å². The Kier molecular flexibility index (Phi) is 2.10. The first-order chi connectivity index (χ1) is 6.86. The van der Waals surface area contributed by atoms with Gasteiger partial charge in [-0.3, -0.25) is 4.68 Å². The lowest BCUT2D eigenvalue weighted by molar-refractivity contribution is -0.142. The molecule has 0 aromatic carbocycles. The summed E-state index contributed by atoms with van der Waals surface area (Å²) >= 11 is 0. The highest BCUT2D eigenvalue weighted by molar-refractivity contribution is 5.22. The minimum absolute atomic E-state index is 0.101. The number of rotatable bonds is 2. The van der Waals surface area contributed by atoms with Crippen LogP contribution in [0.2, 0.25) is 0 Å². The van der Waals surface area contributed by atoms with Crippen LogP contribution in [0.3, 0.4) is 0 Å². The van der Waals surface area contributed by atoms with E-state index >= 15 is 0 Å². The topological polar surface area (TPSA) is 30.7 Å². The van der Waals surface area contributed by atoms with Crippen LogP contribution in [0.15, 0.2) is 6.20 Å². The van der Waals surface area contributed by atoms with Crippen molar-refractivity contribution in [2.24, 2.45) is 13.0 Å².